The smallest absolute Gasteiger partial charge is 0.126 e. The standard InChI is InChI=1S/C16H21FN2S/c1-5-18-9-14-15(10(2)3)19-16(20-14)12-6-7-13(17)11(4)8-12/h6-8,10,18H,5,9H2,1-4H3. The Morgan fingerprint density at radius 3 is 2.70 bits per heavy atom. The maximum absolute atomic E-state index is 13.4. The van der Waals surface area contributed by atoms with Gasteiger partial charge in [0.25, 0.3) is 0 Å². The van der Waals surface area contributed by atoms with Crippen LogP contribution in [-0.2, 0) is 6.54 Å². The second-order valence-corrected chi connectivity index (χ2v) is 6.31. The summed E-state index contributed by atoms with van der Waals surface area (Å²) < 4.78 is 13.4. The highest BCUT2D eigenvalue weighted by molar-refractivity contribution is 7.15. The van der Waals surface area contributed by atoms with Gasteiger partial charge in [-0.15, -0.1) is 11.3 Å². The molecule has 0 saturated carbocycles. The van der Waals surface area contributed by atoms with E-state index in [1.165, 1.54) is 10.9 Å². The number of hydrogen-bond acceptors (Lipinski definition) is 3. The molecule has 4 heteroatoms. The van der Waals surface area contributed by atoms with Crippen molar-refractivity contribution in [1.82, 2.24) is 10.3 Å². The van der Waals surface area contributed by atoms with Crippen molar-refractivity contribution in [2.24, 2.45) is 0 Å². The van der Waals surface area contributed by atoms with E-state index < -0.39 is 0 Å². The van der Waals surface area contributed by atoms with E-state index in [0.29, 0.717) is 11.5 Å². The van der Waals surface area contributed by atoms with Crippen LogP contribution in [0.2, 0.25) is 0 Å². The number of hydrogen-bond donors (Lipinski definition) is 1. The summed E-state index contributed by atoms with van der Waals surface area (Å²) in [6.45, 7) is 9.99. The number of nitrogens with one attached hydrogen (secondary N) is 1. The van der Waals surface area contributed by atoms with Gasteiger partial charge in [-0.1, -0.05) is 20.8 Å². The van der Waals surface area contributed by atoms with E-state index in [-0.39, 0.29) is 5.82 Å². The van der Waals surface area contributed by atoms with Crippen LogP contribution in [0.25, 0.3) is 10.6 Å². The Hall–Kier alpha value is -1.26. The Kier molecular flexibility index (Phi) is 4.89. The number of aryl methyl sites for hydroxylation is 1. The van der Waals surface area contributed by atoms with Crippen molar-refractivity contribution in [1.29, 1.82) is 0 Å². The molecule has 0 bridgehead atoms. The van der Waals surface area contributed by atoms with Crippen molar-refractivity contribution in [3.63, 3.8) is 0 Å². The van der Waals surface area contributed by atoms with Crippen LogP contribution in [-0.4, -0.2) is 11.5 Å². The van der Waals surface area contributed by atoms with Crippen LogP contribution < -0.4 is 5.32 Å². The first-order valence-electron chi connectivity index (χ1n) is 6.99. The number of halogens is 1. The van der Waals surface area contributed by atoms with Crippen molar-refractivity contribution in [3.8, 4) is 10.6 Å². The SMILES string of the molecule is CCNCc1sc(-c2ccc(F)c(C)c2)nc1C(C)C. The highest BCUT2D eigenvalue weighted by Crippen LogP contribution is 2.32. The van der Waals surface area contributed by atoms with Crippen LogP contribution in [0.3, 0.4) is 0 Å². The van der Waals surface area contributed by atoms with Crippen LogP contribution in [0.5, 0.6) is 0 Å². The highest BCUT2D eigenvalue weighted by Gasteiger charge is 2.15. The van der Waals surface area contributed by atoms with Crippen LogP contribution in [0.1, 0.15) is 42.8 Å². The molecule has 0 saturated heterocycles. The third-order valence-corrected chi connectivity index (χ3v) is 4.34. The fraction of sp³-hybridized carbons (Fsp3) is 0.438. The van der Waals surface area contributed by atoms with Crippen LogP contribution in [0.4, 0.5) is 4.39 Å². The molecule has 1 heterocycles. The molecule has 2 aromatic rings. The van der Waals surface area contributed by atoms with E-state index in [0.717, 1.165) is 29.4 Å². The van der Waals surface area contributed by atoms with Gasteiger partial charge in [-0.2, -0.15) is 0 Å². The van der Waals surface area contributed by atoms with E-state index in [1.54, 1.807) is 18.3 Å². The van der Waals surface area contributed by atoms with Crippen molar-refractivity contribution < 1.29 is 4.39 Å². The summed E-state index contributed by atoms with van der Waals surface area (Å²) in [4.78, 5) is 6.04. The summed E-state index contributed by atoms with van der Waals surface area (Å²) in [5.74, 6) is 0.234. The van der Waals surface area contributed by atoms with Gasteiger partial charge in [0, 0.05) is 17.0 Å². The predicted octanol–water partition coefficient (Wildman–Crippen LogP) is 4.49. The van der Waals surface area contributed by atoms with Gasteiger partial charge in [0.05, 0.1) is 5.69 Å². The van der Waals surface area contributed by atoms with Gasteiger partial charge in [-0.05, 0) is 43.1 Å². The molecule has 0 aliphatic heterocycles. The van der Waals surface area contributed by atoms with E-state index in [4.69, 9.17) is 4.98 Å². The lowest BCUT2D eigenvalue weighted by Crippen LogP contribution is -2.12. The molecule has 0 fully saturated rings. The third kappa shape index (κ3) is 3.25. The van der Waals surface area contributed by atoms with Gasteiger partial charge in [-0.25, -0.2) is 9.37 Å². The summed E-state index contributed by atoms with van der Waals surface area (Å²) in [5, 5.41) is 4.33. The van der Waals surface area contributed by atoms with E-state index >= 15 is 0 Å². The van der Waals surface area contributed by atoms with Gasteiger partial charge in [0.2, 0.25) is 0 Å². The van der Waals surface area contributed by atoms with Crippen LogP contribution in [0.15, 0.2) is 18.2 Å². The molecule has 0 unspecified atom stereocenters. The summed E-state index contributed by atoms with van der Waals surface area (Å²) >= 11 is 1.70. The van der Waals surface area contributed by atoms with Gasteiger partial charge in [0.1, 0.15) is 10.8 Å². The van der Waals surface area contributed by atoms with Gasteiger partial charge in [0.15, 0.2) is 0 Å². The number of aromatic nitrogens is 1. The molecule has 0 spiro atoms. The summed E-state index contributed by atoms with van der Waals surface area (Å²) in [5.41, 5.74) is 2.81. The highest BCUT2D eigenvalue weighted by atomic mass is 32.1. The maximum Gasteiger partial charge on any atom is 0.126 e. The van der Waals surface area contributed by atoms with E-state index in [9.17, 15) is 4.39 Å². The monoisotopic (exact) mass is 292 g/mol. The molecule has 0 atom stereocenters. The first-order valence-corrected chi connectivity index (χ1v) is 7.81. The lowest BCUT2D eigenvalue weighted by molar-refractivity contribution is 0.619. The second-order valence-electron chi connectivity index (χ2n) is 5.23. The van der Waals surface area contributed by atoms with E-state index in [1.807, 2.05) is 12.1 Å². The minimum atomic E-state index is -0.165. The number of rotatable bonds is 5. The van der Waals surface area contributed by atoms with Crippen molar-refractivity contribution in [2.45, 2.75) is 40.2 Å². The Morgan fingerprint density at radius 1 is 1.35 bits per heavy atom. The zero-order chi connectivity index (χ0) is 14.7. The summed E-state index contributed by atoms with van der Waals surface area (Å²) in [6.07, 6.45) is 0. The fourth-order valence-electron chi connectivity index (χ4n) is 2.08. The molecular weight excluding hydrogens is 271 g/mol. The topological polar surface area (TPSA) is 24.9 Å². The van der Waals surface area contributed by atoms with Gasteiger partial charge in [-0.3, -0.25) is 0 Å². The average Bonchev–Trinajstić information content (AvgIpc) is 2.84. The Bertz CT molecular complexity index is 590. The molecule has 0 amide bonds. The zero-order valence-electron chi connectivity index (χ0n) is 12.5. The molecule has 0 aliphatic carbocycles. The molecule has 1 aromatic heterocycles. The Balaban J connectivity index is 2.38. The van der Waals surface area contributed by atoms with Crippen LogP contribution >= 0.6 is 11.3 Å². The first kappa shape index (κ1) is 15.1. The molecule has 0 aliphatic rings. The van der Waals surface area contributed by atoms with Crippen molar-refractivity contribution in [2.75, 3.05) is 6.54 Å². The molecule has 108 valence electrons. The van der Waals surface area contributed by atoms with Gasteiger partial charge < -0.3 is 5.32 Å². The third-order valence-electron chi connectivity index (χ3n) is 3.21. The zero-order valence-corrected chi connectivity index (χ0v) is 13.3. The Morgan fingerprint density at radius 2 is 2.10 bits per heavy atom. The average molecular weight is 292 g/mol. The Labute approximate surface area is 124 Å². The normalized spacial score (nSPS) is 11.3. The van der Waals surface area contributed by atoms with Crippen molar-refractivity contribution >= 4 is 11.3 Å². The van der Waals surface area contributed by atoms with Gasteiger partial charge >= 0.3 is 0 Å². The number of thiazole rings is 1. The fourth-order valence-corrected chi connectivity index (χ4v) is 3.26. The predicted molar refractivity (Wildman–Crippen MR) is 83.7 cm³/mol. The molecule has 1 aromatic carbocycles. The molecule has 2 nitrogen and oxygen atoms in total. The first-order chi connectivity index (χ1) is 9.52. The van der Waals surface area contributed by atoms with Crippen LogP contribution in [0, 0.1) is 12.7 Å². The maximum atomic E-state index is 13.4. The lowest BCUT2D eigenvalue weighted by atomic mass is 10.1. The number of benzene rings is 1. The largest absolute Gasteiger partial charge is 0.312 e. The molecule has 0 radical (unpaired) electrons. The molecule has 20 heavy (non-hydrogen) atoms. The second kappa shape index (κ2) is 6.46. The quantitative estimate of drug-likeness (QED) is 0.878. The molecular formula is C16H21FN2S. The van der Waals surface area contributed by atoms with E-state index in [2.05, 4.69) is 26.1 Å². The summed E-state index contributed by atoms with van der Waals surface area (Å²) in [7, 11) is 0. The number of nitrogens with zero attached hydrogens (tertiary/aromatic N) is 1. The molecule has 1 N–H and O–H groups in total. The summed E-state index contributed by atoms with van der Waals surface area (Å²) in [6, 6.07) is 5.20. The van der Waals surface area contributed by atoms with Crippen molar-refractivity contribution in [3.05, 3.63) is 40.2 Å². The molecule has 2 rings (SSSR count). The minimum absolute atomic E-state index is 0.165. The lowest BCUT2D eigenvalue weighted by Gasteiger charge is -2.04. The minimum Gasteiger partial charge on any atom is -0.312 e.